The van der Waals surface area contributed by atoms with Crippen LogP contribution in [0, 0.1) is 6.92 Å². The number of halogens is 1. The van der Waals surface area contributed by atoms with E-state index in [4.69, 9.17) is 9.72 Å². The second-order valence-electron chi connectivity index (χ2n) is 4.69. The van der Waals surface area contributed by atoms with Gasteiger partial charge in [-0.1, -0.05) is 22.9 Å². The molecule has 2 aromatic rings. The Labute approximate surface area is 134 Å². The second kappa shape index (κ2) is 6.89. The third-order valence-corrected chi connectivity index (χ3v) is 3.81. The first-order chi connectivity index (χ1) is 10.1. The number of nitrogens with zero attached hydrogens (tertiary/aromatic N) is 2. The molecule has 1 aromatic carbocycles. The number of aryl methyl sites for hydroxylation is 1. The number of aromatic nitrogens is 2. The lowest BCUT2D eigenvalue weighted by Gasteiger charge is -2.14. The molecule has 0 unspecified atom stereocenters. The molecule has 1 N–H and O–H groups in total. The van der Waals surface area contributed by atoms with Crippen molar-refractivity contribution >= 4 is 21.7 Å². The Morgan fingerprint density at radius 2 is 2.00 bits per heavy atom. The smallest absolute Gasteiger partial charge is 0.165 e. The first-order valence-corrected chi connectivity index (χ1v) is 7.85. The zero-order valence-corrected chi connectivity index (χ0v) is 14.4. The lowest BCUT2D eigenvalue weighted by atomic mass is 10.1. The van der Waals surface area contributed by atoms with Crippen molar-refractivity contribution in [2.75, 3.05) is 19.0 Å². The average Bonchev–Trinajstić information content (AvgIpc) is 2.47. The molecule has 0 aliphatic carbocycles. The zero-order chi connectivity index (χ0) is 15.4. The fourth-order valence-electron chi connectivity index (χ4n) is 2.31. The molecule has 0 radical (unpaired) electrons. The molecule has 0 atom stereocenters. The van der Waals surface area contributed by atoms with Gasteiger partial charge in [-0.15, -0.1) is 0 Å². The Morgan fingerprint density at radius 1 is 1.24 bits per heavy atom. The van der Waals surface area contributed by atoms with E-state index < -0.39 is 0 Å². The van der Waals surface area contributed by atoms with E-state index in [0.717, 1.165) is 45.8 Å². The number of benzene rings is 1. The van der Waals surface area contributed by atoms with E-state index in [1.54, 1.807) is 7.11 Å². The first kappa shape index (κ1) is 15.8. The first-order valence-electron chi connectivity index (χ1n) is 7.06. The van der Waals surface area contributed by atoms with Crippen LogP contribution in [-0.2, 0) is 6.42 Å². The van der Waals surface area contributed by atoms with Crippen LogP contribution in [0.15, 0.2) is 22.7 Å². The molecule has 0 bridgehead atoms. The summed E-state index contributed by atoms with van der Waals surface area (Å²) in [5.74, 6) is 2.35. The number of rotatable bonds is 5. The standard InChI is InChI=1S/C16H20BrN3O/c1-5-12-10(3)19-16(20-15(12)18-6-2)13-9-11(17)7-8-14(13)21-4/h7-9H,5-6H2,1-4H3,(H,18,19,20). The third kappa shape index (κ3) is 3.35. The van der Waals surface area contributed by atoms with Gasteiger partial charge in [0.05, 0.1) is 12.7 Å². The van der Waals surface area contributed by atoms with E-state index in [2.05, 4.69) is 40.1 Å². The van der Waals surface area contributed by atoms with Gasteiger partial charge >= 0.3 is 0 Å². The maximum Gasteiger partial charge on any atom is 0.165 e. The van der Waals surface area contributed by atoms with E-state index in [9.17, 15) is 0 Å². The zero-order valence-electron chi connectivity index (χ0n) is 12.8. The van der Waals surface area contributed by atoms with Gasteiger partial charge in [0.25, 0.3) is 0 Å². The van der Waals surface area contributed by atoms with Gasteiger partial charge in [-0.25, -0.2) is 9.97 Å². The van der Waals surface area contributed by atoms with Gasteiger partial charge < -0.3 is 10.1 Å². The summed E-state index contributed by atoms with van der Waals surface area (Å²) in [6.45, 7) is 7.04. The van der Waals surface area contributed by atoms with Crippen molar-refractivity contribution in [3.8, 4) is 17.1 Å². The fraction of sp³-hybridized carbons (Fsp3) is 0.375. The molecule has 0 spiro atoms. The highest BCUT2D eigenvalue weighted by molar-refractivity contribution is 9.10. The van der Waals surface area contributed by atoms with Gasteiger partial charge in [0.2, 0.25) is 0 Å². The number of ether oxygens (including phenoxy) is 1. The molecule has 0 fully saturated rings. The summed E-state index contributed by atoms with van der Waals surface area (Å²) >= 11 is 3.49. The van der Waals surface area contributed by atoms with Crippen molar-refractivity contribution < 1.29 is 4.74 Å². The Morgan fingerprint density at radius 3 is 2.62 bits per heavy atom. The average molecular weight is 350 g/mol. The van der Waals surface area contributed by atoms with Gasteiger partial charge in [0.1, 0.15) is 11.6 Å². The van der Waals surface area contributed by atoms with Crippen LogP contribution in [0.3, 0.4) is 0 Å². The molecule has 112 valence electrons. The Bertz CT molecular complexity index is 644. The molecular formula is C16H20BrN3O. The van der Waals surface area contributed by atoms with Crippen LogP contribution in [0.25, 0.3) is 11.4 Å². The predicted octanol–water partition coefficient (Wildman–Crippen LogP) is 4.22. The summed E-state index contributed by atoms with van der Waals surface area (Å²) in [7, 11) is 1.66. The summed E-state index contributed by atoms with van der Waals surface area (Å²) in [4.78, 5) is 9.35. The molecule has 0 aliphatic heterocycles. The monoisotopic (exact) mass is 349 g/mol. The molecule has 21 heavy (non-hydrogen) atoms. The third-order valence-electron chi connectivity index (χ3n) is 3.31. The summed E-state index contributed by atoms with van der Waals surface area (Å²) in [5.41, 5.74) is 3.05. The molecule has 0 amide bonds. The number of anilines is 1. The van der Waals surface area contributed by atoms with Crippen molar-refractivity contribution in [2.24, 2.45) is 0 Å². The van der Waals surface area contributed by atoms with Crippen LogP contribution in [-0.4, -0.2) is 23.6 Å². The van der Waals surface area contributed by atoms with Crippen molar-refractivity contribution in [3.63, 3.8) is 0 Å². The number of methoxy groups -OCH3 is 1. The minimum Gasteiger partial charge on any atom is -0.496 e. The maximum absolute atomic E-state index is 5.43. The molecule has 5 heteroatoms. The van der Waals surface area contributed by atoms with Crippen molar-refractivity contribution in [2.45, 2.75) is 27.2 Å². The molecule has 4 nitrogen and oxygen atoms in total. The Hall–Kier alpha value is -1.62. The highest BCUT2D eigenvalue weighted by Gasteiger charge is 2.14. The summed E-state index contributed by atoms with van der Waals surface area (Å²) < 4.78 is 6.41. The van der Waals surface area contributed by atoms with Gasteiger partial charge in [0.15, 0.2) is 5.82 Å². The lowest BCUT2D eigenvalue weighted by Crippen LogP contribution is -2.08. The van der Waals surface area contributed by atoms with E-state index in [1.807, 2.05) is 25.1 Å². The quantitative estimate of drug-likeness (QED) is 0.877. The van der Waals surface area contributed by atoms with Crippen LogP contribution in [0.4, 0.5) is 5.82 Å². The van der Waals surface area contributed by atoms with Gasteiger partial charge in [0, 0.05) is 22.3 Å². The Kier molecular flexibility index (Phi) is 5.17. The normalized spacial score (nSPS) is 10.5. The summed E-state index contributed by atoms with van der Waals surface area (Å²) in [6, 6.07) is 5.84. The topological polar surface area (TPSA) is 47.0 Å². The molecule has 1 aromatic heterocycles. The summed E-state index contributed by atoms with van der Waals surface area (Å²) in [5, 5.41) is 3.33. The van der Waals surface area contributed by atoms with Crippen LogP contribution < -0.4 is 10.1 Å². The fourth-order valence-corrected chi connectivity index (χ4v) is 2.67. The van der Waals surface area contributed by atoms with Gasteiger partial charge in [-0.2, -0.15) is 0 Å². The largest absolute Gasteiger partial charge is 0.496 e. The summed E-state index contributed by atoms with van der Waals surface area (Å²) in [6.07, 6.45) is 0.907. The molecular weight excluding hydrogens is 330 g/mol. The highest BCUT2D eigenvalue weighted by atomic mass is 79.9. The van der Waals surface area contributed by atoms with Crippen LogP contribution in [0.2, 0.25) is 0 Å². The van der Waals surface area contributed by atoms with E-state index in [1.165, 1.54) is 0 Å². The number of hydrogen-bond donors (Lipinski definition) is 1. The van der Waals surface area contributed by atoms with E-state index in [0.29, 0.717) is 5.82 Å². The second-order valence-corrected chi connectivity index (χ2v) is 5.60. The molecule has 0 saturated carbocycles. The van der Waals surface area contributed by atoms with Crippen molar-refractivity contribution in [1.82, 2.24) is 9.97 Å². The molecule has 0 saturated heterocycles. The molecule has 2 rings (SSSR count). The predicted molar refractivity (Wildman–Crippen MR) is 90.0 cm³/mol. The van der Waals surface area contributed by atoms with Crippen LogP contribution >= 0.6 is 15.9 Å². The van der Waals surface area contributed by atoms with Crippen molar-refractivity contribution in [1.29, 1.82) is 0 Å². The minimum atomic E-state index is 0.679. The van der Waals surface area contributed by atoms with E-state index in [-0.39, 0.29) is 0 Å². The van der Waals surface area contributed by atoms with Crippen LogP contribution in [0.1, 0.15) is 25.1 Å². The van der Waals surface area contributed by atoms with Crippen molar-refractivity contribution in [3.05, 3.63) is 33.9 Å². The van der Waals surface area contributed by atoms with Gasteiger partial charge in [-0.05, 0) is 38.5 Å². The minimum absolute atomic E-state index is 0.679. The Balaban J connectivity index is 2.61. The number of nitrogens with one attached hydrogen (secondary N) is 1. The van der Waals surface area contributed by atoms with E-state index >= 15 is 0 Å². The van der Waals surface area contributed by atoms with Gasteiger partial charge in [-0.3, -0.25) is 0 Å². The van der Waals surface area contributed by atoms with Crippen LogP contribution in [0.5, 0.6) is 5.75 Å². The SMILES string of the molecule is CCNc1nc(-c2cc(Br)ccc2OC)nc(C)c1CC. The molecule has 0 aliphatic rings. The highest BCUT2D eigenvalue weighted by Crippen LogP contribution is 2.32. The maximum atomic E-state index is 5.43. The number of hydrogen-bond acceptors (Lipinski definition) is 4. The lowest BCUT2D eigenvalue weighted by molar-refractivity contribution is 0.416. The molecule has 1 heterocycles.